The summed E-state index contributed by atoms with van der Waals surface area (Å²) in [6.07, 6.45) is -3.30. The molecule has 5 rings (SSSR count). The molecule has 6 nitrogen and oxygen atoms in total. The van der Waals surface area contributed by atoms with Crippen LogP contribution in [0.1, 0.15) is 43.6 Å². The molecule has 1 aliphatic rings. The molecule has 1 aromatic heterocycles. The summed E-state index contributed by atoms with van der Waals surface area (Å²) in [5, 5.41) is 10.7. The molecule has 190 valence electrons. The summed E-state index contributed by atoms with van der Waals surface area (Å²) >= 11 is 18.4. The molecule has 2 N–H and O–H groups in total. The number of aryl methyl sites for hydroxylation is 1. The first-order valence-electron chi connectivity index (χ1n) is 10.9. The van der Waals surface area contributed by atoms with Crippen molar-refractivity contribution in [1.29, 1.82) is 0 Å². The molecule has 37 heavy (non-hydrogen) atoms. The lowest BCUT2D eigenvalue weighted by molar-refractivity contribution is 0.0960. The largest absolute Gasteiger partial charge is 0.341 e. The minimum Gasteiger partial charge on any atom is -0.341 e. The Bertz CT molecular complexity index is 1590. The molecule has 4 aromatic rings. The van der Waals surface area contributed by atoms with Gasteiger partial charge in [0.25, 0.3) is 11.8 Å². The van der Waals surface area contributed by atoms with Crippen molar-refractivity contribution in [2.75, 3.05) is 5.32 Å². The monoisotopic (exact) mass is 566 g/mol. The molecule has 0 saturated carbocycles. The first kappa shape index (κ1) is 25.4. The summed E-state index contributed by atoms with van der Waals surface area (Å²) in [5.41, 5.74) is 1.20. The number of hydrogen-bond donors (Lipinski definition) is 2. The number of amides is 2. The number of aromatic nitrogens is 2. The van der Waals surface area contributed by atoms with Crippen LogP contribution in [0, 0.1) is 5.82 Å². The highest BCUT2D eigenvalue weighted by atomic mass is 35.5. The topological polar surface area (TPSA) is 76.0 Å². The Kier molecular flexibility index (Phi) is 6.55. The van der Waals surface area contributed by atoms with Crippen LogP contribution in [-0.2, 0) is 13.5 Å². The average molecular weight is 568 g/mol. The van der Waals surface area contributed by atoms with Crippen LogP contribution in [0.3, 0.4) is 0 Å². The van der Waals surface area contributed by atoms with Crippen LogP contribution in [0.2, 0.25) is 15.1 Å². The zero-order chi connectivity index (χ0) is 26.6. The van der Waals surface area contributed by atoms with Crippen molar-refractivity contribution in [3.63, 3.8) is 0 Å². The molecule has 0 spiro atoms. The number of halogens is 6. The average Bonchev–Trinajstić information content (AvgIpc) is 3.31. The normalized spacial score (nSPS) is 14.8. The first-order valence-corrected chi connectivity index (χ1v) is 12.0. The van der Waals surface area contributed by atoms with Crippen molar-refractivity contribution in [1.82, 2.24) is 15.1 Å². The Balaban J connectivity index is 1.75. The molecule has 0 fully saturated rings. The number of alkyl halides is 2. The zero-order valence-corrected chi connectivity index (χ0v) is 21.1. The molecular formula is C25H16Cl3F3N4O2. The molecule has 0 bridgehead atoms. The fourth-order valence-corrected chi connectivity index (χ4v) is 5.29. The Morgan fingerprint density at radius 1 is 1.14 bits per heavy atom. The minimum atomic E-state index is -2.67. The molecule has 0 aliphatic carbocycles. The number of carbonyl (C=O) groups excluding carboxylic acids is 2. The quantitative estimate of drug-likeness (QED) is 0.287. The molecule has 2 heterocycles. The van der Waals surface area contributed by atoms with E-state index in [9.17, 15) is 22.8 Å². The Morgan fingerprint density at radius 2 is 1.84 bits per heavy atom. The van der Waals surface area contributed by atoms with E-state index in [1.165, 1.54) is 54.2 Å². The van der Waals surface area contributed by atoms with Crippen LogP contribution in [0.15, 0.2) is 42.5 Å². The van der Waals surface area contributed by atoms with Gasteiger partial charge in [0.05, 0.1) is 23.7 Å². The van der Waals surface area contributed by atoms with E-state index in [1.807, 2.05) is 0 Å². The van der Waals surface area contributed by atoms with E-state index in [2.05, 4.69) is 15.7 Å². The maximum atomic E-state index is 14.2. The number of carbonyl (C=O) groups is 2. The van der Waals surface area contributed by atoms with Crippen molar-refractivity contribution >= 4 is 63.2 Å². The van der Waals surface area contributed by atoms with E-state index in [4.69, 9.17) is 34.8 Å². The lowest BCUT2D eigenvalue weighted by atomic mass is 9.93. The lowest BCUT2D eigenvalue weighted by Crippen LogP contribution is -2.21. The van der Waals surface area contributed by atoms with Gasteiger partial charge in [-0.15, -0.1) is 0 Å². The second kappa shape index (κ2) is 9.55. The summed E-state index contributed by atoms with van der Waals surface area (Å²) in [6, 6.07) is 8.49. The van der Waals surface area contributed by atoms with Gasteiger partial charge in [-0.05, 0) is 42.5 Å². The Labute approximate surface area is 223 Å². The SMILES string of the molecule is Cn1nc2c3c(c(NC(=O)c4cc(Cl)cc(Cl)c4)cc2c1CC(F)F)C(c1cc(F)ccc1Cl)NC3=O. The van der Waals surface area contributed by atoms with Gasteiger partial charge in [-0.3, -0.25) is 14.3 Å². The zero-order valence-electron chi connectivity index (χ0n) is 18.9. The highest BCUT2D eigenvalue weighted by Gasteiger charge is 2.38. The van der Waals surface area contributed by atoms with Gasteiger partial charge < -0.3 is 10.6 Å². The maximum Gasteiger partial charge on any atom is 0.255 e. The number of nitrogens with zero attached hydrogens (tertiary/aromatic N) is 2. The van der Waals surface area contributed by atoms with E-state index in [1.54, 1.807) is 0 Å². The Hall–Kier alpha value is -3.27. The predicted molar refractivity (Wildman–Crippen MR) is 136 cm³/mol. The summed E-state index contributed by atoms with van der Waals surface area (Å²) in [6.45, 7) is 0. The van der Waals surface area contributed by atoms with E-state index in [0.717, 1.165) is 0 Å². The Morgan fingerprint density at radius 3 is 2.51 bits per heavy atom. The van der Waals surface area contributed by atoms with Crippen LogP contribution in [0.25, 0.3) is 10.9 Å². The van der Waals surface area contributed by atoms with Gasteiger partial charge >= 0.3 is 0 Å². The molecular weight excluding hydrogens is 552 g/mol. The highest BCUT2D eigenvalue weighted by Crippen LogP contribution is 2.43. The summed E-state index contributed by atoms with van der Waals surface area (Å²) < 4.78 is 42.2. The second-order valence-electron chi connectivity index (χ2n) is 8.46. The fourth-order valence-electron chi connectivity index (χ4n) is 4.54. The molecule has 1 aliphatic heterocycles. The molecule has 1 unspecified atom stereocenters. The van der Waals surface area contributed by atoms with Crippen molar-refractivity contribution in [3.05, 3.63) is 91.3 Å². The van der Waals surface area contributed by atoms with E-state index in [0.29, 0.717) is 0 Å². The van der Waals surface area contributed by atoms with Crippen molar-refractivity contribution < 1.29 is 22.8 Å². The highest BCUT2D eigenvalue weighted by molar-refractivity contribution is 6.35. The lowest BCUT2D eigenvalue weighted by Gasteiger charge is -2.18. The van der Waals surface area contributed by atoms with E-state index in [-0.39, 0.29) is 59.6 Å². The number of nitrogens with one attached hydrogen (secondary N) is 2. The van der Waals surface area contributed by atoms with Gasteiger partial charge in [-0.25, -0.2) is 13.2 Å². The number of benzene rings is 3. The number of fused-ring (bicyclic) bond motifs is 3. The third-order valence-electron chi connectivity index (χ3n) is 6.07. The molecule has 12 heteroatoms. The fraction of sp³-hybridized carbons (Fsp3) is 0.160. The summed E-state index contributed by atoms with van der Waals surface area (Å²) in [4.78, 5) is 26.4. The molecule has 0 saturated heterocycles. The standard InChI is InChI=1S/C25H16Cl3F3N4O2/c1-35-18(9-19(30)31)15-8-17(32-24(36)10-4-11(26)6-12(27)5-10)20-21(23(15)34-35)25(37)33-22(20)14-7-13(29)2-3-16(14)28/h2-8,19,22H,9H2,1H3,(H,32,36)(H,33,37). The van der Waals surface area contributed by atoms with Crippen LogP contribution in [0.5, 0.6) is 0 Å². The van der Waals surface area contributed by atoms with Crippen molar-refractivity contribution in [2.45, 2.75) is 18.9 Å². The predicted octanol–water partition coefficient (Wildman–Crippen LogP) is 6.57. The van der Waals surface area contributed by atoms with Gasteiger partial charge in [0.1, 0.15) is 11.3 Å². The van der Waals surface area contributed by atoms with Crippen LogP contribution < -0.4 is 10.6 Å². The van der Waals surface area contributed by atoms with Crippen LogP contribution in [0.4, 0.5) is 18.9 Å². The van der Waals surface area contributed by atoms with Crippen LogP contribution >= 0.6 is 34.8 Å². The van der Waals surface area contributed by atoms with Gasteiger partial charge in [0.2, 0.25) is 6.43 Å². The van der Waals surface area contributed by atoms with Crippen molar-refractivity contribution in [2.24, 2.45) is 7.05 Å². The molecule has 2 amide bonds. The van der Waals surface area contributed by atoms with E-state index < -0.39 is 36.5 Å². The third kappa shape index (κ3) is 4.63. The van der Waals surface area contributed by atoms with Crippen molar-refractivity contribution in [3.8, 4) is 0 Å². The third-order valence-corrected chi connectivity index (χ3v) is 6.85. The number of rotatable bonds is 5. The maximum absolute atomic E-state index is 14.2. The minimum absolute atomic E-state index is 0.0679. The van der Waals surface area contributed by atoms with E-state index >= 15 is 0 Å². The summed E-state index contributed by atoms with van der Waals surface area (Å²) in [7, 11) is 1.49. The first-order chi connectivity index (χ1) is 17.5. The molecule has 3 aromatic carbocycles. The summed E-state index contributed by atoms with van der Waals surface area (Å²) in [5.74, 6) is -1.78. The second-order valence-corrected chi connectivity index (χ2v) is 9.74. The van der Waals surface area contributed by atoms with Gasteiger partial charge in [0.15, 0.2) is 0 Å². The van der Waals surface area contributed by atoms with Gasteiger partial charge in [-0.1, -0.05) is 34.8 Å². The molecule has 0 radical (unpaired) electrons. The molecule has 1 atom stereocenters. The number of hydrogen-bond acceptors (Lipinski definition) is 3. The van der Waals surface area contributed by atoms with Crippen LogP contribution in [-0.4, -0.2) is 28.0 Å². The smallest absolute Gasteiger partial charge is 0.255 e. The van der Waals surface area contributed by atoms with Gasteiger partial charge in [0, 0.05) is 49.9 Å². The number of anilines is 1. The van der Waals surface area contributed by atoms with Gasteiger partial charge in [-0.2, -0.15) is 5.10 Å².